The first-order chi connectivity index (χ1) is 13.4. The van der Waals surface area contributed by atoms with E-state index in [2.05, 4.69) is 11.0 Å². The van der Waals surface area contributed by atoms with Crippen molar-refractivity contribution in [3.8, 4) is 17.6 Å². The highest BCUT2D eigenvalue weighted by Crippen LogP contribution is 2.30. The predicted octanol–water partition coefficient (Wildman–Crippen LogP) is 2.12. The molecule has 1 aromatic rings. The monoisotopic (exact) mass is 395 g/mol. The number of halogens is 2. The lowest BCUT2D eigenvalue weighted by molar-refractivity contribution is -0.0737. The average Bonchev–Trinajstić information content (AvgIpc) is 2.62. The fraction of sp³-hybridized carbons (Fsp3) is 0.650. The summed E-state index contributed by atoms with van der Waals surface area (Å²) in [6, 6.07) is 7.87. The molecule has 2 saturated heterocycles. The van der Waals surface area contributed by atoms with E-state index in [0.717, 1.165) is 18.7 Å². The lowest BCUT2D eigenvalue weighted by Gasteiger charge is -2.35. The Hall–Kier alpha value is -1.95. The molecule has 0 spiro atoms. The van der Waals surface area contributed by atoms with Gasteiger partial charge in [0.1, 0.15) is 12.7 Å². The first-order valence-electron chi connectivity index (χ1n) is 9.58. The molecule has 2 heterocycles. The molecule has 154 valence electrons. The molecule has 2 fully saturated rings. The summed E-state index contributed by atoms with van der Waals surface area (Å²) in [7, 11) is 1.54. The maximum atomic E-state index is 13.5. The topological polar surface area (TPSA) is 69.0 Å². The molecule has 2 aliphatic rings. The molecule has 1 unspecified atom stereocenters. The zero-order chi connectivity index (χ0) is 20.1. The lowest BCUT2D eigenvalue weighted by Crippen LogP contribution is -2.46. The number of nitriles is 1. The molecular weight excluding hydrogens is 368 g/mol. The Kier molecular flexibility index (Phi) is 6.70. The summed E-state index contributed by atoms with van der Waals surface area (Å²) in [5, 5.41) is 19.1. The van der Waals surface area contributed by atoms with Crippen molar-refractivity contribution in [2.45, 2.75) is 31.4 Å². The first kappa shape index (κ1) is 20.8. The molecule has 0 saturated carbocycles. The second-order valence-electron chi connectivity index (χ2n) is 7.66. The number of β-amino-alcohol motifs (C(OH)–C–C–N with tert-alkyl or cyclic N) is 1. The van der Waals surface area contributed by atoms with Crippen LogP contribution in [-0.2, 0) is 6.54 Å². The van der Waals surface area contributed by atoms with Gasteiger partial charge in [0.05, 0.1) is 25.6 Å². The summed E-state index contributed by atoms with van der Waals surface area (Å²) < 4.78 is 38.0. The molecule has 3 rings (SSSR count). The highest BCUT2D eigenvalue weighted by atomic mass is 19.3. The highest BCUT2D eigenvalue weighted by molar-refractivity contribution is 5.43. The van der Waals surface area contributed by atoms with Crippen LogP contribution in [-0.4, -0.2) is 73.4 Å². The van der Waals surface area contributed by atoms with Crippen molar-refractivity contribution in [3.05, 3.63) is 23.8 Å². The summed E-state index contributed by atoms with van der Waals surface area (Å²) >= 11 is 0. The first-order valence-corrected chi connectivity index (χ1v) is 9.58. The summed E-state index contributed by atoms with van der Waals surface area (Å²) in [6.07, 6.45) is -0.528. The summed E-state index contributed by atoms with van der Waals surface area (Å²) in [6.45, 7) is 2.64. The van der Waals surface area contributed by atoms with Gasteiger partial charge in [-0.15, -0.1) is 0 Å². The minimum absolute atomic E-state index is 0.00209. The lowest BCUT2D eigenvalue weighted by atomic mass is 10.0. The largest absolute Gasteiger partial charge is 0.493 e. The Labute approximate surface area is 164 Å². The van der Waals surface area contributed by atoms with E-state index in [1.165, 1.54) is 0 Å². The number of ether oxygens (including phenoxy) is 2. The van der Waals surface area contributed by atoms with Crippen LogP contribution in [0.1, 0.15) is 18.4 Å². The van der Waals surface area contributed by atoms with Crippen molar-refractivity contribution in [1.82, 2.24) is 9.80 Å². The van der Waals surface area contributed by atoms with Gasteiger partial charge in [-0.3, -0.25) is 9.80 Å². The van der Waals surface area contributed by atoms with Crippen molar-refractivity contribution in [3.63, 3.8) is 0 Å². The number of rotatable bonds is 8. The van der Waals surface area contributed by atoms with Crippen molar-refractivity contribution in [1.29, 1.82) is 5.26 Å². The molecule has 1 aromatic carbocycles. The van der Waals surface area contributed by atoms with Crippen molar-refractivity contribution in [2.75, 3.05) is 46.4 Å². The Balaban J connectivity index is 1.52. The van der Waals surface area contributed by atoms with Crippen molar-refractivity contribution < 1.29 is 23.4 Å². The van der Waals surface area contributed by atoms with Crippen LogP contribution < -0.4 is 9.47 Å². The summed E-state index contributed by atoms with van der Waals surface area (Å²) in [4.78, 5) is 3.76. The van der Waals surface area contributed by atoms with Crippen LogP contribution in [0.2, 0.25) is 0 Å². The Bertz CT molecular complexity index is 704. The average molecular weight is 395 g/mol. The number of hydrogen-bond donors (Lipinski definition) is 1. The van der Waals surface area contributed by atoms with E-state index in [9.17, 15) is 13.9 Å². The van der Waals surface area contributed by atoms with E-state index in [0.29, 0.717) is 31.0 Å². The number of benzene rings is 1. The maximum Gasteiger partial charge on any atom is 0.260 e. The summed E-state index contributed by atoms with van der Waals surface area (Å²) in [5.74, 6) is -1.51. The van der Waals surface area contributed by atoms with E-state index in [-0.39, 0.29) is 32.0 Å². The van der Waals surface area contributed by atoms with Gasteiger partial charge in [-0.1, -0.05) is 6.07 Å². The second-order valence-corrected chi connectivity index (χ2v) is 7.66. The Morgan fingerprint density at radius 3 is 2.79 bits per heavy atom. The molecule has 1 N–H and O–H groups in total. The third-order valence-electron chi connectivity index (χ3n) is 5.15. The fourth-order valence-corrected chi connectivity index (χ4v) is 3.71. The van der Waals surface area contributed by atoms with Crippen molar-refractivity contribution >= 4 is 0 Å². The van der Waals surface area contributed by atoms with Gasteiger partial charge < -0.3 is 14.6 Å². The van der Waals surface area contributed by atoms with Gasteiger partial charge in [-0.05, 0) is 30.7 Å². The molecule has 0 amide bonds. The maximum absolute atomic E-state index is 13.5. The molecule has 8 heteroatoms. The van der Waals surface area contributed by atoms with E-state index < -0.39 is 12.0 Å². The molecule has 0 aromatic heterocycles. The van der Waals surface area contributed by atoms with Crippen LogP contribution in [0, 0.1) is 17.2 Å². The molecule has 0 bridgehead atoms. The molecule has 1 atom stereocenters. The number of aliphatic hydroxyl groups excluding tert-OH is 1. The normalized spacial score (nSPS) is 21.5. The predicted molar refractivity (Wildman–Crippen MR) is 99.5 cm³/mol. The number of aliphatic hydroxyl groups is 1. The van der Waals surface area contributed by atoms with Crippen molar-refractivity contribution in [2.24, 2.45) is 5.92 Å². The fourth-order valence-electron chi connectivity index (χ4n) is 3.71. The van der Waals surface area contributed by atoms with Crippen LogP contribution in [0.25, 0.3) is 0 Å². The third-order valence-corrected chi connectivity index (χ3v) is 5.15. The molecule has 6 nitrogen and oxygen atoms in total. The van der Waals surface area contributed by atoms with Gasteiger partial charge >= 0.3 is 0 Å². The zero-order valence-electron chi connectivity index (χ0n) is 16.1. The van der Waals surface area contributed by atoms with E-state index in [1.54, 1.807) is 12.0 Å². The third kappa shape index (κ3) is 5.53. The smallest absolute Gasteiger partial charge is 0.260 e. The SMILES string of the molecule is COc1ccc(CN2CC(C#N)C2)cc1OCC(O)CN1CCCC(F)(F)C1. The number of alkyl halides is 2. The Morgan fingerprint density at radius 1 is 1.32 bits per heavy atom. The van der Waals surface area contributed by atoms with Crippen LogP contribution in [0.5, 0.6) is 11.5 Å². The van der Waals surface area contributed by atoms with Crippen LogP contribution in [0.15, 0.2) is 18.2 Å². The Morgan fingerprint density at radius 2 is 2.11 bits per heavy atom. The van der Waals surface area contributed by atoms with Crippen LogP contribution >= 0.6 is 0 Å². The number of likely N-dealkylation sites (tertiary alicyclic amines) is 2. The van der Waals surface area contributed by atoms with Crippen LogP contribution in [0.4, 0.5) is 8.78 Å². The van der Waals surface area contributed by atoms with E-state index >= 15 is 0 Å². The standard InChI is InChI=1S/C20H27F2N3O3/c1-27-18-4-3-15(9-25-10-16(8-23)11-25)7-19(18)28-13-17(26)12-24-6-2-5-20(21,22)14-24/h3-4,7,16-17,26H,2,5-6,9-14H2,1H3. The summed E-state index contributed by atoms with van der Waals surface area (Å²) in [5.41, 5.74) is 1.03. The molecule has 2 aliphatic heterocycles. The van der Waals surface area contributed by atoms with E-state index in [1.807, 2.05) is 18.2 Å². The van der Waals surface area contributed by atoms with E-state index in [4.69, 9.17) is 14.7 Å². The minimum atomic E-state index is -2.68. The number of nitrogens with zero attached hydrogens (tertiary/aromatic N) is 3. The van der Waals surface area contributed by atoms with Gasteiger partial charge in [-0.2, -0.15) is 5.26 Å². The highest BCUT2D eigenvalue weighted by Gasteiger charge is 2.35. The minimum Gasteiger partial charge on any atom is -0.493 e. The zero-order valence-corrected chi connectivity index (χ0v) is 16.1. The van der Waals surface area contributed by atoms with Gasteiger partial charge in [0, 0.05) is 32.6 Å². The van der Waals surface area contributed by atoms with Gasteiger partial charge in [-0.25, -0.2) is 8.78 Å². The van der Waals surface area contributed by atoms with Gasteiger partial charge in [0.15, 0.2) is 11.5 Å². The molecule has 0 radical (unpaired) electrons. The quantitative estimate of drug-likeness (QED) is 0.727. The number of piperidine rings is 1. The van der Waals surface area contributed by atoms with Gasteiger partial charge in [0.2, 0.25) is 0 Å². The number of hydrogen-bond acceptors (Lipinski definition) is 6. The molecule has 0 aliphatic carbocycles. The molecule has 28 heavy (non-hydrogen) atoms. The van der Waals surface area contributed by atoms with Gasteiger partial charge in [0.25, 0.3) is 5.92 Å². The molecular formula is C20H27F2N3O3. The van der Waals surface area contributed by atoms with Crippen LogP contribution in [0.3, 0.4) is 0 Å². The second kappa shape index (κ2) is 9.03. The number of methoxy groups -OCH3 is 1.